The summed E-state index contributed by atoms with van der Waals surface area (Å²) in [6, 6.07) is 12.7. The second-order valence-electron chi connectivity index (χ2n) is 7.15. The molecule has 0 radical (unpaired) electrons. The fraction of sp³-hybridized carbons (Fsp3) is 0.391. The summed E-state index contributed by atoms with van der Waals surface area (Å²) < 4.78 is 5.18. The summed E-state index contributed by atoms with van der Waals surface area (Å²) in [4.78, 5) is 38.4. The van der Waals surface area contributed by atoms with Gasteiger partial charge in [0.05, 0.1) is 18.5 Å². The van der Waals surface area contributed by atoms with E-state index in [2.05, 4.69) is 5.32 Å². The number of rotatable bonds is 11. The van der Waals surface area contributed by atoms with Crippen LogP contribution in [0.15, 0.2) is 48.5 Å². The maximum atomic E-state index is 13.3. The van der Waals surface area contributed by atoms with Gasteiger partial charge in [-0.2, -0.15) is 0 Å². The lowest BCUT2D eigenvalue weighted by Gasteiger charge is -2.30. The Morgan fingerprint density at radius 3 is 2.39 bits per heavy atom. The van der Waals surface area contributed by atoms with Crippen molar-refractivity contribution in [2.24, 2.45) is 0 Å². The van der Waals surface area contributed by atoms with E-state index in [0.29, 0.717) is 24.3 Å². The molecule has 31 heavy (non-hydrogen) atoms. The van der Waals surface area contributed by atoms with E-state index in [9.17, 15) is 19.7 Å². The first kappa shape index (κ1) is 23.9. The summed E-state index contributed by atoms with van der Waals surface area (Å²) >= 11 is 0. The molecule has 0 aromatic heterocycles. The number of nitro benzene ring substituents is 1. The van der Waals surface area contributed by atoms with E-state index in [-0.39, 0.29) is 30.5 Å². The van der Waals surface area contributed by atoms with Gasteiger partial charge in [0.1, 0.15) is 11.8 Å². The lowest BCUT2D eigenvalue weighted by molar-refractivity contribution is -0.385. The summed E-state index contributed by atoms with van der Waals surface area (Å²) in [5, 5.41) is 14.2. The van der Waals surface area contributed by atoms with E-state index in [1.165, 1.54) is 11.0 Å². The van der Waals surface area contributed by atoms with Crippen LogP contribution in [0.25, 0.3) is 0 Å². The minimum atomic E-state index is -0.677. The van der Waals surface area contributed by atoms with Gasteiger partial charge < -0.3 is 15.0 Å². The number of ether oxygens (including phenoxy) is 1. The zero-order chi connectivity index (χ0) is 22.8. The Kier molecular flexibility index (Phi) is 8.99. The Balaban J connectivity index is 2.33. The fourth-order valence-corrected chi connectivity index (χ4v) is 3.32. The van der Waals surface area contributed by atoms with Gasteiger partial charge in [0.2, 0.25) is 11.8 Å². The number of benzene rings is 2. The van der Waals surface area contributed by atoms with E-state index in [4.69, 9.17) is 4.74 Å². The molecule has 0 fully saturated rings. The molecule has 2 amide bonds. The molecule has 0 aliphatic carbocycles. The van der Waals surface area contributed by atoms with Crippen molar-refractivity contribution in [1.82, 2.24) is 10.2 Å². The molecule has 0 saturated heterocycles. The number of nitrogens with zero attached hydrogens (tertiary/aromatic N) is 2. The average molecular weight is 428 g/mol. The van der Waals surface area contributed by atoms with Crippen LogP contribution in [-0.2, 0) is 22.6 Å². The van der Waals surface area contributed by atoms with Crippen LogP contribution >= 0.6 is 0 Å². The standard InChI is InChI=1S/C23H29N3O5/c1-4-14-24-23(28)20(5-2)25(16-17-10-12-19(31-3)13-11-17)22(27)15-18-8-6-7-9-21(18)26(29)30/h6-13,20H,4-5,14-16H2,1-3H3,(H,24,28)/t20-/m0/s1. The van der Waals surface area contributed by atoms with Gasteiger partial charge in [-0.05, 0) is 30.5 Å². The summed E-state index contributed by atoms with van der Waals surface area (Å²) in [7, 11) is 1.57. The lowest BCUT2D eigenvalue weighted by Crippen LogP contribution is -2.49. The monoisotopic (exact) mass is 427 g/mol. The minimum absolute atomic E-state index is 0.108. The van der Waals surface area contributed by atoms with Gasteiger partial charge in [0.15, 0.2) is 0 Å². The van der Waals surface area contributed by atoms with Crippen LogP contribution in [0.2, 0.25) is 0 Å². The molecule has 0 bridgehead atoms. The van der Waals surface area contributed by atoms with Crippen LogP contribution in [-0.4, -0.2) is 41.3 Å². The molecule has 0 spiro atoms. The predicted octanol–water partition coefficient (Wildman–Crippen LogP) is 3.48. The van der Waals surface area contributed by atoms with E-state index < -0.39 is 11.0 Å². The predicted molar refractivity (Wildman–Crippen MR) is 118 cm³/mol. The smallest absolute Gasteiger partial charge is 0.273 e. The number of carbonyl (C=O) groups is 2. The van der Waals surface area contributed by atoms with E-state index in [1.54, 1.807) is 37.4 Å². The summed E-state index contributed by atoms with van der Waals surface area (Å²) in [6.45, 7) is 4.52. The van der Waals surface area contributed by atoms with Crippen molar-refractivity contribution >= 4 is 17.5 Å². The van der Waals surface area contributed by atoms with Crippen LogP contribution in [0.5, 0.6) is 5.75 Å². The lowest BCUT2D eigenvalue weighted by atomic mass is 10.1. The number of nitrogens with one attached hydrogen (secondary N) is 1. The highest BCUT2D eigenvalue weighted by atomic mass is 16.6. The van der Waals surface area contributed by atoms with Crippen LogP contribution in [0, 0.1) is 10.1 Å². The van der Waals surface area contributed by atoms with Gasteiger partial charge in [-0.3, -0.25) is 19.7 Å². The molecule has 166 valence electrons. The fourth-order valence-electron chi connectivity index (χ4n) is 3.32. The minimum Gasteiger partial charge on any atom is -0.497 e. The molecule has 8 heteroatoms. The first-order valence-corrected chi connectivity index (χ1v) is 10.3. The first-order chi connectivity index (χ1) is 14.9. The SMILES string of the molecule is CCCNC(=O)[C@H](CC)N(Cc1ccc(OC)cc1)C(=O)Cc1ccccc1[N+](=O)[O-]. The van der Waals surface area contributed by atoms with E-state index in [0.717, 1.165) is 12.0 Å². The first-order valence-electron chi connectivity index (χ1n) is 10.3. The Morgan fingerprint density at radius 2 is 1.81 bits per heavy atom. The van der Waals surface area contributed by atoms with Crippen molar-refractivity contribution in [3.05, 3.63) is 69.8 Å². The van der Waals surface area contributed by atoms with E-state index in [1.807, 2.05) is 26.0 Å². The number of methoxy groups -OCH3 is 1. The Labute approximate surface area is 182 Å². The topological polar surface area (TPSA) is 102 Å². The molecule has 1 N–H and O–H groups in total. The summed E-state index contributed by atoms with van der Waals surface area (Å²) in [5.74, 6) is 0.117. The molecule has 0 unspecified atom stereocenters. The van der Waals surface area contributed by atoms with Crippen molar-refractivity contribution < 1.29 is 19.2 Å². The molecule has 2 aromatic carbocycles. The normalized spacial score (nSPS) is 11.5. The highest BCUT2D eigenvalue weighted by molar-refractivity contribution is 5.88. The number of hydrogen-bond acceptors (Lipinski definition) is 5. The van der Waals surface area contributed by atoms with E-state index >= 15 is 0 Å². The molecule has 0 saturated carbocycles. The van der Waals surface area contributed by atoms with Crippen molar-refractivity contribution in [2.45, 2.75) is 45.7 Å². The molecule has 2 rings (SSSR count). The third-order valence-corrected chi connectivity index (χ3v) is 4.98. The zero-order valence-corrected chi connectivity index (χ0v) is 18.2. The number of carbonyl (C=O) groups excluding carboxylic acids is 2. The van der Waals surface area contributed by atoms with Crippen LogP contribution in [0.3, 0.4) is 0 Å². The Morgan fingerprint density at radius 1 is 1.13 bits per heavy atom. The third kappa shape index (κ3) is 6.53. The van der Waals surface area contributed by atoms with Crippen molar-refractivity contribution in [2.75, 3.05) is 13.7 Å². The van der Waals surface area contributed by atoms with Crippen molar-refractivity contribution in [1.29, 1.82) is 0 Å². The van der Waals surface area contributed by atoms with Gasteiger partial charge >= 0.3 is 0 Å². The molecule has 0 aliphatic rings. The highest BCUT2D eigenvalue weighted by Crippen LogP contribution is 2.21. The molecular weight excluding hydrogens is 398 g/mol. The molecule has 8 nitrogen and oxygen atoms in total. The van der Waals surface area contributed by atoms with Crippen LogP contribution < -0.4 is 10.1 Å². The maximum Gasteiger partial charge on any atom is 0.273 e. The number of nitro groups is 1. The van der Waals surface area contributed by atoms with Gasteiger partial charge in [0.25, 0.3) is 5.69 Å². The van der Waals surface area contributed by atoms with Gasteiger partial charge in [-0.15, -0.1) is 0 Å². The van der Waals surface area contributed by atoms with Crippen LogP contribution in [0.1, 0.15) is 37.8 Å². The second-order valence-corrected chi connectivity index (χ2v) is 7.15. The Bertz CT molecular complexity index is 898. The van der Waals surface area contributed by atoms with Gasteiger partial charge in [0, 0.05) is 24.7 Å². The van der Waals surface area contributed by atoms with Gasteiger partial charge in [-0.1, -0.05) is 44.2 Å². The summed E-state index contributed by atoms with van der Waals surface area (Å²) in [5.41, 5.74) is 1.04. The van der Waals surface area contributed by atoms with Gasteiger partial charge in [-0.25, -0.2) is 0 Å². The van der Waals surface area contributed by atoms with Crippen LogP contribution in [0.4, 0.5) is 5.69 Å². The quantitative estimate of drug-likeness (QED) is 0.437. The molecule has 0 heterocycles. The zero-order valence-electron chi connectivity index (χ0n) is 18.2. The van der Waals surface area contributed by atoms with Crippen molar-refractivity contribution in [3.8, 4) is 5.75 Å². The number of amides is 2. The summed E-state index contributed by atoms with van der Waals surface area (Å²) in [6.07, 6.45) is 1.05. The third-order valence-electron chi connectivity index (χ3n) is 4.98. The van der Waals surface area contributed by atoms with Crippen molar-refractivity contribution in [3.63, 3.8) is 0 Å². The average Bonchev–Trinajstić information content (AvgIpc) is 2.78. The Hall–Kier alpha value is -3.42. The second kappa shape index (κ2) is 11.7. The molecule has 2 aromatic rings. The number of hydrogen-bond donors (Lipinski definition) is 1. The molecule has 0 aliphatic heterocycles. The maximum absolute atomic E-state index is 13.3. The largest absolute Gasteiger partial charge is 0.497 e. The molecule has 1 atom stereocenters. The molecular formula is C23H29N3O5. The number of para-hydroxylation sites is 1. The highest BCUT2D eigenvalue weighted by Gasteiger charge is 2.29.